The second kappa shape index (κ2) is 17.9. The summed E-state index contributed by atoms with van der Waals surface area (Å²) in [5, 5.41) is 6.29. The Labute approximate surface area is 339 Å². The molecule has 1 aromatic heterocycles. The van der Waals surface area contributed by atoms with E-state index >= 15 is 0 Å². The van der Waals surface area contributed by atoms with Gasteiger partial charge in [0.2, 0.25) is 17.7 Å². The van der Waals surface area contributed by atoms with E-state index in [0.29, 0.717) is 51.7 Å². The molecule has 1 saturated carbocycles. The van der Waals surface area contributed by atoms with E-state index in [9.17, 15) is 19.2 Å². The molecule has 5 amide bonds. The molecule has 0 spiro atoms. The average Bonchev–Trinajstić information content (AvgIpc) is 4.08. The minimum absolute atomic E-state index is 0.0745. The molecular formula is C45H54N8O5. The number of carbonyl (C=O) groups excluding carboxylic acids is 4. The third-order valence-corrected chi connectivity index (χ3v) is 12.4. The number of hydrogen-bond acceptors (Lipinski definition) is 7. The number of aromatic amines is 1. The van der Waals surface area contributed by atoms with Gasteiger partial charge >= 0.3 is 6.03 Å². The Balaban J connectivity index is 0.857. The fourth-order valence-electron chi connectivity index (χ4n) is 9.14. The lowest BCUT2D eigenvalue weighted by Crippen LogP contribution is -2.51. The molecule has 1 aliphatic carbocycles. The van der Waals surface area contributed by atoms with Crippen LogP contribution in [0.15, 0.2) is 91.1 Å². The van der Waals surface area contributed by atoms with Gasteiger partial charge in [-0.3, -0.25) is 14.4 Å². The molecule has 4 heterocycles. The molecule has 5 N–H and O–H groups in total. The molecule has 8 rings (SSSR count). The summed E-state index contributed by atoms with van der Waals surface area (Å²) in [6, 6.07) is 24.9. The third kappa shape index (κ3) is 8.65. The summed E-state index contributed by atoms with van der Waals surface area (Å²) in [7, 11) is 0. The lowest BCUT2D eigenvalue weighted by Gasteiger charge is -2.32. The van der Waals surface area contributed by atoms with Crippen molar-refractivity contribution < 1.29 is 23.9 Å². The summed E-state index contributed by atoms with van der Waals surface area (Å²) in [6.45, 7) is 3.07. The Bertz CT molecular complexity index is 2030. The maximum atomic E-state index is 14.2. The van der Waals surface area contributed by atoms with Gasteiger partial charge in [-0.1, -0.05) is 84.9 Å². The van der Waals surface area contributed by atoms with Gasteiger partial charge in [0, 0.05) is 32.2 Å². The van der Waals surface area contributed by atoms with Gasteiger partial charge in [-0.05, 0) is 79.5 Å². The van der Waals surface area contributed by atoms with E-state index < -0.39 is 18.1 Å². The smallest absolute Gasteiger partial charge is 0.318 e. The van der Waals surface area contributed by atoms with Crippen LogP contribution in [0.3, 0.4) is 0 Å². The van der Waals surface area contributed by atoms with E-state index in [1.54, 1.807) is 9.80 Å². The summed E-state index contributed by atoms with van der Waals surface area (Å²) in [6.07, 6.45) is 8.59. The number of urea groups is 1. The molecule has 3 aliphatic heterocycles. The fourth-order valence-corrected chi connectivity index (χ4v) is 9.14. The highest BCUT2D eigenvalue weighted by Crippen LogP contribution is 2.36. The van der Waals surface area contributed by atoms with Crippen LogP contribution in [0.2, 0.25) is 0 Å². The van der Waals surface area contributed by atoms with E-state index in [2.05, 4.69) is 39.9 Å². The number of rotatable bonds is 10. The first-order chi connectivity index (χ1) is 28.3. The first-order valence-corrected chi connectivity index (χ1v) is 20.9. The van der Waals surface area contributed by atoms with E-state index in [4.69, 9.17) is 15.5 Å². The molecule has 4 fully saturated rings. The topological polar surface area (TPSA) is 166 Å². The number of morpholine rings is 1. The molecule has 0 unspecified atom stereocenters. The van der Waals surface area contributed by atoms with E-state index in [1.165, 1.54) is 5.56 Å². The van der Waals surface area contributed by atoms with Gasteiger partial charge in [0.05, 0.1) is 31.1 Å². The van der Waals surface area contributed by atoms with Crippen molar-refractivity contribution in [2.75, 3.05) is 39.4 Å². The van der Waals surface area contributed by atoms with Crippen molar-refractivity contribution >= 4 is 23.8 Å². The molecule has 13 nitrogen and oxygen atoms in total. The molecule has 4 aliphatic rings. The van der Waals surface area contributed by atoms with Crippen molar-refractivity contribution in [2.45, 2.75) is 87.5 Å². The number of amides is 5. The molecule has 0 bridgehead atoms. The van der Waals surface area contributed by atoms with Crippen LogP contribution in [0.25, 0.3) is 11.3 Å². The number of carbonyl (C=O) groups is 4. The number of likely N-dealkylation sites (tertiary alicyclic amines) is 2. The predicted molar refractivity (Wildman–Crippen MR) is 219 cm³/mol. The van der Waals surface area contributed by atoms with Gasteiger partial charge in [0.25, 0.3) is 0 Å². The number of aromatic nitrogens is 2. The van der Waals surface area contributed by atoms with Gasteiger partial charge in [0.15, 0.2) is 0 Å². The number of ether oxygens (including phenoxy) is 1. The highest BCUT2D eigenvalue weighted by molar-refractivity contribution is 5.91. The van der Waals surface area contributed by atoms with E-state index in [-0.39, 0.29) is 35.8 Å². The maximum absolute atomic E-state index is 14.2. The SMILES string of the molecule is N[C@@H](C(=O)N1CCC[C@H]1C(=O)NC1CCC(c2ccc(-c3cnc([C@@H]4CCCN4C(=O)[C@H](NC(=O)N4CCOCC4)c4ccccc4)[nH]3)cc2)CC1)c1ccccc1. The zero-order chi connectivity index (χ0) is 40.0. The van der Waals surface area contributed by atoms with Crippen molar-refractivity contribution in [3.8, 4) is 11.3 Å². The largest absolute Gasteiger partial charge is 0.378 e. The molecule has 304 valence electrons. The summed E-state index contributed by atoms with van der Waals surface area (Å²) >= 11 is 0. The molecule has 13 heteroatoms. The van der Waals surface area contributed by atoms with Crippen molar-refractivity contribution in [1.82, 2.24) is 35.3 Å². The summed E-state index contributed by atoms with van der Waals surface area (Å²) < 4.78 is 5.42. The lowest BCUT2D eigenvalue weighted by atomic mass is 9.81. The highest BCUT2D eigenvalue weighted by Gasteiger charge is 2.39. The summed E-state index contributed by atoms with van der Waals surface area (Å²) in [4.78, 5) is 67.7. The van der Waals surface area contributed by atoms with Gasteiger partial charge in [0.1, 0.15) is 23.9 Å². The van der Waals surface area contributed by atoms with Crippen molar-refractivity contribution in [3.63, 3.8) is 0 Å². The van der Waals surface area contributed by atoms with Crippen LogP contribution in [0.5, 0.6) is 0 Å². The first kappa shape index (κ1) is 39.3. The molecule has 4 aromatic rings. The van der Waals surface area contributed by atoms with Crippen molar-refractivity contribution in [2.24, 2.45) is 5.73 Å². The van der Waals surface area contributed by atoms with Gasteiger partial charge in [-0.25, -0.2) is 9.78 Å². The predicted octanol–water partition coefficient (Wildman–Crippen LogP) is 5.36. The fraction of sp³-hybridized carbons (Fsp3) is 0.444. The molecule has 0 radical (unpaired) electrons. The Kier molecular flexibility index (Phi) is 12.2. The Morgan fingerprint density at radius 3 is 2.10 bits per heavy atom. The van der Waals surface area contributed by atoms with Crippen LogP contribution in [-0.2, 0) is 19.1 Å². The standard InChI is InChI=1S/C45H54N8O5/c46-39(33-9-3-1-4-10-33)43(55)53-24-8-14-38(53)42(54)48-35-21-19-31(20-22-35)30-15-17-32(18-16-30)36-29-47-41(49-36)37-13-7-23-52(37)44(56)40(34-11-5-2-6-12-34)50-45(57)51-25-27-58-28-26-51/h1-6,9-12,15-18,29,31,35,37-40H,7-8,13-14,19-28,46H2,(H,47,49)(H,48,54)(H,50,57)/t31?,35?,37-,38-,39+,40+/m0/s1. The summed E-state index contributed by atoms with van der Waals surface area (Å²) in [5.74, 6) is 0.713. The lowest BCUT2D eigenvalue weighted by molar-refractivity contribution is -0.139. The first-order valence-electron chi connectivity index (χ1n) is 20.9. The number of imidazole rings is 1. The van der Waals surface area contributed by atoms with Crippen molar-refractivity contribution in [1.29, 1.82) is 0 Å². The van der Waals surface area contributed by atoms with Crippen LogP contribution < -0.4 is 16.4 Å². The Hall–Kier alpha value is -5.53. The summed E-state index contributed by atoms with van der Waals surface area (Å²) in [5.41, 5.74) is 11.0. The number of hydrogen-bond donors (Lipinski definition) is 4. The van der Waals surface area contributed by atoms with Gasteiger partial charge in [-0.15, -0.1) is 0 Å². The van der Waals surface area contributed by atoms with E-state index in [0.717, 1.165) is 73.2 Å². The number of nitrogens with two attached hydrogens (primary N) is 1. The minimum atomic E-state index is -0.816. The maximum Gasteiger partial charge on any atom is 0.318 e. The van der Waals surface area contributed by atoms with Crippen molar-refractivity contribution in [3.05, 3.63) is 114 Å². The number of nitrogens with zero attached hydrogens (tertiary/aromatic N) is 4. The van der Waals surface area contributed by atoms with Crippen LogP contribution in [0, 0.1) is 0 Å². The second-order valence-electron chi connectivity index (χ2n) is 16.0. The third-order valence-electron chi connectivity index (χ3n) is 12.4. The second-order valence-corrected chi connectivity index (χ2v) is 16.0. The normalized spacial score (nSPS) is 23.3. The zero-order valence-corrected chi connectivity index (χ0v) is 32.9. The molecule has 3 aromatic carbocycles. The average molecular weight is 787 g/mol. The Morgan fingerprint density at radius 2 is 1.40 bits per heavy atom. The van der Waals surface area contributed by atoms with Crippen LogP contribution in [-0.4, -0.2) is 99.9 Å². The molecule has 4 atom stereocenters. The zero-order valence-electron chi connectivity index (χ0n) is 32.9. The van der Waals surface area contributed by atoms with E-state index in [1.807, 2.05) is 71.8 Å². The van der Waals surface area contributed by atoms with Gasteiger partial charge < -0.3 is 40.8 Å². The van der Waals surface area contributed by atoms with Crippen LogP contribution >= 0.6 is 0 Å². The molecule has 3 saturated heterocycles. The number of benzene rings is 3. The Morgan fingerprint density at radius 1 is 0.741 bits per heavy atom. The quantitative estimate of drug-likeness (QED) is 0.168. The van der Waals surface area contributed by atoms with Gasteiger partial charge in [-0.2, -0.15) is 0 Å². The molecule has 58 heavy (non-hydrogen) atoms. The van der Waals surface area contributed by atoms with Crippen LogP contribution in [0.1, 0.15) is 97.9 Å². The van der Waals surface area contributed by atoms with Crippen LogP contribution in [0.4, 0.5) is 4.79 Å². The number of H-pyrrole nitrogens is 1. The monoisotopic (exact) mass is 786 g/mol. The minimum Gasteiger partial charge on any atom is -0.378 e. The molecular weight excluding hydrogens is 733 g/mol. The highest BCUT2D eigenvalue weighted by atomic mass is 16.5. The number of nitrogens with one attached hydrogen (secondary N) is 3.